The smallest absolute Gasteiger partial charge is 0.345 e. The third kappa shape index (κ3) is 2.47. The molecule has 0 amide bonds. The van der Waals surface area contributed by atoms with Gasteiger partial charge >= 0.3 is 5.63 Å². The quantitative estimate of drug-likeness (QED) is 0.493. The summed E-state index contributed by atoms with van der Waals surface area (Å²) >= 11 is 0. The van der Waals surface area contributed by atoms with Gasteiger partial charge in [-0.2, -0.15) is 0 Å². The summed E-state index contributed by atoms with van der Waals surface area (Å²) in [7, 11) is 0. The lowest BCUT2D eigenvalue weighted by atomic mass is 10.00. The van der Waals surface area contributed by atoms with Crippen molar-refractivity contribution < 1.29 is 4.42 Å². The SMILES string of the molecule is CCCCn1c2ccccc2c2c(C)c(-c3ccccc3)c(=O)oc21. The van der Waals surface area contributed by atoms with E-state index in [4.69, 9.17) is 4.42 Å². The molecule has 0 saturated heterocycles. The van der Waals surface area contributed by atoms with Crippen molar-refractivity contribution in [3.05, 3.63) is 70.6 Å². The summed E-state index contributed by atoms with van der Waals surface area (Å²) < 4.78 is 8.00. The van der Waals surface area contributed by atoms with Crippen LogP contribution >= 0.6 is 0 Å². The molecule has 126 valence electrons. The molecule has 3 nitrogen and oxygen atoms in total. The van der Waals surface area contributed by atoms with E-state index in [0.29, 0.717) is 11.3 Å². The van der Waals surface area contributed by atoms with Gasteiger partial charge < -0.3 is 8.98 Å². The maximum Gasteiger partial charge on any atom is 0.345 e. The van der Waals surface area contributed by atoms with Gasteiger partial charge in [-0.1, -0.05) is 61.9 Å². The van der Waals surface area contributed by atoms with Gasteiger partial charge in [0, 0.05) is 17.3 Å². The molecular formula is C22H21NO2. The first-order valence-electron chi connectivity index (χ1n) is 8.82. The summed E-state index contributed by atoms with van der Waals surface area (Å²) in [6, 6.07) is 18.1. The largest absolute Gasteiger partial charge is 0.405 e. The Morgan fingerprint density at radius 1 is 1.00 bits per heavy atom. The van der Waals surface area contributed by atoms with Crippen molar-refractivity contribution in [3.63, 3.8) is 0 Å². The van der Waals surface area contributed by atoms with Gasteiger partial charge in [0.05, 0.1) is 11.1 Å². The Kier molecular flexibility index (Phi) is 3.92. The fourth-order valence-corrected chi connectivity index (χ4v) is 3.64. The number of rotatable bonds is 4. The molecule has 0 fully saturated rings. The lowest BCUT2D eigenvalue weighted by molar-refractivity contribution is 0.519. The van der Waals surface area contributed by atoms with Crippen molar-refractivity contribution >= 4 is 22.0 Å². The number of hydrogen-bond acceptors (Lipinski definition) is 2. The van der Waals surface area contributed by atoms with E-state index in [1.165, 1.54) is 0 Å². The van der Waals surface area contributed by atoms with Crippen LogP contribution in [0.4, 0.5) is 0 Å². The molecule has 0 radical (unpaired) electrons. The van der Waals surface area contributed by atoms with Gasteiger partial charge in [-0.3, -0.25) is 0 Å². The average Bonchev–Trinajstić information content (AvgIpc) is 2.94. The summed E-state index contributed by atoms with van der Waals surface area (Å²) in [6.07, 6.45) is 2.15. The normalized spacial score (nSPS) is 11.4. The van der Waals surface area contributed by atoms with Gasteiger partial charge in [-0.15, -0.1) is 0 Å². The first kappa shape index (κ1) is 15.7. The molecule has 0 spiro atoms. The number of aromatic nitrogens is 1. The van der Waals surface area contributed by atoms with E-state index >= 15 is 0 Å². The van der Waals surface area contributed by atoms with Gasteiger partial charge in [-0.25, -0.2) is 4.79 Å². The Morgan fingerprint density at radius 2 is 1.72 bits per heavy atom. The van der Waals surface area contributed by atoms with E-state index < -0.39 is 0 Å². The maximum absolute atomic E-state index is 12.8. The minimum Gasteiger partial charge on any atom is -0.405 e. The van der Waals surface area contributed by atoms with E-state index in [1.807, 2.05) is 49.4 Å². The number of fused-ring (bicyclic) bond motifs is 3. The van der Waals surface area contributed by atoms with Crippen LogP contribution in [0.2, 0.25) is 0 Å². The molecule has 0 N–H and O–H groups in total. The molecule has 3 heteroatoms. The van der Waals surface area contributed by atoms with E-state index in [9.17, 15) is 4.79 Å². The molecule has 4 rings (SSSR count). The Morgan fingerprint density at radius 3 is 2.48 bits per heavy atom. The number of aryl methyl sites for hydroxylation is 2. The van der Waals surface area contributed by atoms with Crippen LogP contribution in [-0.4, -0.2) is 4.57 Å². The molecule has 0 saturated carbocycles. The fraction of sp³-hybridized carbons (Fsp3) is 0.227. The Balaban J connectivity index is 2.11. The molecule has 0 aliphatic carbocycles. The van der Waals surface area contributed by atoms with E-state index in [2.05, 4.69) is 23.6 Å². The molecule has 4 aromatic rings. The summed E-state index contributed by atoms with van der Waals surface area (Å²) in [5.74, 6) is 0. The van der Waals surface area contributed by atoms with Crippen molar-refractivity contribution in [3.8, 4) is 11.1 Å². The molecule has 0 atom stereocenters. The number of unbranched alkanes of at least 4 members (excludes halogenated alkanes) is 1. The van der Waals surface area contributed by atoms with E-state index in [1.54, 1.807) is 0 Å². The zero-order chi connectivity index (χ0) is 17.4. The second-order valence-electron chi connectivity index (χ2n) is 6.46. The highest BCUT2D eigenvalue weighted by atomic mass is 16.4. The predicted octanol–water partition coefficient (Wildman–Crippen LogP) is 5.52. The molecule has 2 aromatic heterocycles. The first-order chi connectivity index (χ1) is 12.2. The predicted molar refractivity (Wildman–Crippen MR) is 103 cm³/mol. The van der Waals surface area contributed by atoms with Crippen LogP contribution < -0.4 is 5.63 Å². The Hall–Kier alpha value is -2.81. The van der Waals surface area contributed by atoms with Gasteiger partial charge in [-0.05, 0) is 30.5 Å². The molecule has 2 aromatic carbocycles. The number of nitrogens with zero attached hydrogens (tertiary/aromatic N) is 1. The molecule has 2 heterocycles. The highest BCUT2D eigenvalue weighted by Crippen LogP contribution is 2.34. The van der Waals surface area contributed by atoms with Crippen LogP contribution in [0.25, 0.3) is 33.1 Å². The average molecular weight is 331 g/mol. The fourth-order valence-electron chi connectivity index (χ4n) is 3.64. The molecule has 0 unspecified atom stereocenters. The van der Waals surface area contributed by atoms with Gasteiger partial charge in [0.1, 0.15) is 0 Å². The summed E-state index contributed by atoms with van der Waals surface area (Å²) in [5, 5.41) is 2.19. The van der Waals surface area contributed by atoms with Crippen molar-refractivity contribution in [2.24, 2.45) is 0 Å². The molecule has 25 heavy (non-hydrogen) atoms. The van der Waals surface area contributed by atoms with Crippen LogP contribution in [0.5, 0.6) is 0 Å². The number of para-hydroxylation sites is 1. The Bertz CT molecular complexity index is 1100. The highest BCUT2D eigenvalue weighted by Gasteiger charge is 2.19. The second-order valence-corrected chi connectivity index (χ2v) is 6.46. The minimum atomic E-state index is -0.267. The van der Waals surface area contributed by atoms with Crippen molar-refractivity contribution in [2.75, 3.05) is 0 Å². The van der Waals surface area contributed by atoms with Crippen molar-refractivity contribution in [2.45, 2.75) is 33.2 Å². The molecule has 0 bridgehead atoms. The zero-order valence-electron chi connectivity index (χ0n) is 14.6. The summed E-state index contributed by atoms with van der Waals surface area (Å²) in [5.41, 5.74) is 4.10. The topological polar surface area (TPSA) is 35.1 Å². The highest BCUT2D eigenvalue weighted by molar-refractivity contribution is 6.09. The van der Waals surface area contributed by atoms with Gasteiger partial charge in [0.25, 0.3) is 0 Å². The third-order valence-electron chi connectivity index (χ3n) is 4.86. The van der Waals surface area contributed by atoms with Crippen molar-refractivity contribution in [1.82, 2.24) is 4.57 Å². The monoisotopic (exact) mass is 331 g/mol. The van der Waals surface area contributed by atoms with Crippen LogP contribution in [0, 0.1) is 6.92 Å². The molecular weight excluding hydrogens is 310 g/mol. The third-order valence-corrected chi connectivity index (χ3v) is 4.86. The molecule has 0 aliphatic heterocycles. The number of hydrogen-bond donors (Lipinski definition) is 0. The lowest BCUT2D eigenvalue weighted by Gasteiger charge is -2.08. The maximum atomic E-state index is 12.8. The van der Waals surface area contributed by atoms with Crippen LogP contribution in [-0.2, 0) is 6.54 Å². The van der Waals surface area contributed by atoms with Gasteiger partial charge in [0.15, 0.2) is 0 Å². The number of benzene rings is 2. The van der Waals surface area contributed by atoms with Gasteiger partial charge in [0.2, 0.25) is 5.71 Å². The van der Waals surface area contributed by atoms with Crippen molar-refractivity contribution in [1.29, 1.82) is 0 Å². The molecule has 0 aliphatic rings. The zero-order valence-corrected chi connectivity index (χ0v) is 14.6. The second kappa shape index (κ2) is 6.25. The minimum absolute atomic E-state index is 0.267. The van der Waals surface area contributed by atoms with E-state index in [-0.39, 0.29) is 5.63 Å². The Labute approximate surface area is 146 Å². The van der Waals surface area contributed by atoms with Crippen LogP contribution in [0.3, 0.4) is 0 Å². The van der Waals surface area contributed by atoms with Crippen LogP contribution in [0.1, 0.15) is 25.3 Å². The van der Waals surface area contributed by atoms with Crippen LogP contribution in [0.15, 0.2) is 63.8 Å². The standard InChI is InChI=1S/C22H21NO2/c1-3-4-14-23-18-13-9-8-12-17(18)20-15(2)19(22(24)25-21(20)23)16-10-6-5-7-11-16/h5-13H,3-4,14H2,1-2H3. The first-order valence-corrected chi connectivity index (χ1v) is 8.82. The summed E-state index contributed by atoms with van der Waals surface area (Å²) in [6.45, 7) is 5.05. The van der Waals surface area contributed by atoms with E-state index in [0.717, 1.165) is 46.8 Å². The lowest BCUT2D eigenvalue weighted by Crippen LogP contribution is -2.07. The summed E-state index contributed by atoms with van der Waals surface area (Å²) in [4.78, 5) is 12.8.